The molecule has 8 heteroatoms. The molecule has 2 aliphatic rings. The molecule has 106 valence electrons. The standard InChI is InChI=1S/C12H10Cl2N2O4/c13-4-1-6-7(2-5(4)14)16-11-9(18)10(8(3-17)19-11)20-12(16)15-6/h1-2,8-11,17-18H,3H2/t8-,9+,10+,11+/m0/s1. The number of nitrogens with zero attached hydrogens (tertiary/aromatic N) is 2. The molecule has 2 aliphatic heterocycles. The fourth-order valence-corrected chi connectivity index (χ4v) is 3.06. The summed E-state index contributed by atoms with van der Waals surface area (Å²) in [7, 11) is 0. The van der Waals surface area contributed by atoms with Crippen LogP contribution in [0.5, 0.6) is 6.01 Å². The summed E-state index contributed by atoms with van der Waals surface area (Å²) in [6.07, 6.45) is -2.72. The van der Waals surface area contributed by atoms with E-state index in [0.29, 0.717) is 27.1 Å². The zero-order chi connectivity index (χ0) is 14.0. The van der Waals surface area contributed by atoms with Gasteiger partial charge in [-0.2, -0.15) is 4.98 Å². The van der Waals surface area contributed by atoms with Crippen LogP contribution in [0, 0.1) is 0 Å². The van der Waals surface area contributed by atoms with Gasteiger partial charge in [-0.05, 0) is 12.1 Å². The molecule has 1 aromatic carbocycles. The molecule has 0 spiro atoms. The molecular weight excluding hydrogens is 307 g/mol. The Balaban J connectivity index is 1.92. The highest BCUT2D eigenvalue weighted by atomic mass is 35.5. The lowest BCUT2D eigenvalue weighted by Gasteiger charge is -2.26. The zero-order valence-electron chi connectivity index (χ0n) is 10.0. The molecule has 6 nitrogen and oxygen atoms in total. The SMILES string of the molecule is OC[C@@H]1O[C@@H]2[C@H](O)[C@@H]1Oc1nc3cc(Cl)c(Cl)cc3n12. The van der Waals surface area contributed by atoms with Crippen molar-refractivity contribution in [1.82, 2.24) is 9.55 Å². The maximum atomic E-state index is 10.2. The Labute approximate surface area is 123 Å². The van der Waals surface area contributed by atoms with Crippen molar-refractivity contribution in [1.29, 1.82) is 0 Å². The highest BCUT2D eigenvalue weighted by molar-refractivity contribution is 6.42. The van der Waals surface area contributed by atoms with Crippen molar-refractivity contribution in [3.8, 4) is 6.01 Å². The van der Waals surface area contributed by atoms with Crippen LogP contribution in [0.2, 0.25) is 10.0 Å². The van der Waals surface area contributed by atoms with Crippen LogP contribution in [0.1, 0.15) is 6.23 Å². The average molecular weight is 317 g/mol. The molecule has 3 heterocycles. The van der Waals surface area contributed by atoms with Crippen molar-refractivity contribution in [2.24, 2.45) is 0 Å². The van der Waals surface area contributed by atoms with E-state index >= 15 is 0 Å². The van der Waals surface area contributed by atoms with Gasteiger partial charge in [0.2, 0.25) is 0 Å². The van der Waals surface area contributed by atoms with Gasteiger partial charge in [0.05, 0.1) is 27.7 Å². The van der Waals surface area contributed by atoms with Crippen molar-refractivity contribution in [3.05, 3.63) is 22.2 Å². The molecule has 2 bridgehead atoms. The summed E-state index contributed by atoms with van der Waals surface area (Å²) < 4.78 is 12.9. The molecule has 20 heavy (non-hydrogen) atoms. The monoisotopic (exact) mass is 316 g/mol. The molecule has 0 saturated carbocycles. The van der Waals surface area contributed by atoms with Crippen molar-refractivity contribution >= 4 is 34.2 Å². The Kier molecular flexibility index (Phi) is 2.68. The molecule has 4 rings (SSSR count). The minimum absolute atomic E-state index is 0.229. The first-order valence-electron chi connectivity index (χ1n) is 6.08. The molecule has 0 unspecified atom stereocenters. The molecule has 1 fully saturated rings. The second-order valence-electron chi connectivity index (χ2n) is 4.84. The number of rotatable bonds is 1. The minimum atomic E-state index is -0.869. The van der Waals surface area contributed by atoms with Gasteiger partial charge in [-0.3, -0.25) is 4.57 Å². The van der Waals surface area contributed by atoms with Gasteiger partial charge in [0, 0.05) is 0 Å². The molecule has 2 N–H and O–H groups in total. The molecule has 2 aromatic rings. The summed E-state index contributed by atoms with van der Waals surface area (Å²) in [5.41, 5.74) is 1.27. The third-order valence-corrected chi connectivity index (χ3v) is 4.41. The van der Waals surface area contributed by atoms with Gasteiger partial charge in [0.1, 0.15) is 12.2 Å². The highest BCUT2D eigenvalue weighted by Gasteiger charge is 2.51. The summed E-state index contributed by atoms with van der Waals surface area (Å²) in [5.74, 6) is 0. The maximum absolute atomic E-state index is 10.2. The molecule has 1 saturated heterocycles. The Morgan fingerprint density at radius 3 is 2.80 bits per heavy atom. The molecule has 0 radical (unpaired) electrons. The van der Waals surface area contributed by atoms with Crippen LogP contribution in [0.25, 0.3) is 11.0 Å². The Morgan fingerprint density at radius 2 is 2.05 bits per heavy atom. The summed E-state index contributed by atoms with van der Waals surface area (Å²) in [4.78, 5) is 4.32. The van der Waals surface area contributed by atoms with Crippen molar-refractivity contribution in [2.45, 2.75) is 24.5 Å². The Morgan fingerprint density at radius 1 is 1.30 bits per heavy atom. The number of aliphatic hydroxyl groups is 2. The number of benzene rings is 1. The molecule has 4 atom stereocenters. The van der Waals surface area contributed by atoms with Gasteiger partial charge in [-0.25, -0.2) is 0 Å². The van der Waals surface area contributed by atoms with Crippen LogP contribution < -0.4 is 4.74 Å². The van der Waals surface area contributed by atoms with E-state index in [1.807, 2.05) is 0 Å². The van der Waals surface area contributed by atoms with Gasteiger partial charge < -0.3 is 19.7 Å². The normalized spacial score (nSPS) is 31.4. The first-order valence-corrected chi connectivity index (χ1v) is 6.84. The first-order chi connectivity index (χ1) is 9.60. The van der Waals surface area contributed by atoms with Crippen LogP contribution >= 0.6 is 23.2 Å². The van der Waals surface area contributed by atoms with E-state index in [4.69, 9.17) is 32.7 Å². The van der Waals surface area contributed by atoms with Crippen LogP contribution in [-0.4, -0.2) is 44.7 Å². The highest BCUT2D eigenvalue weighted by Crippen LogP contribution is 2.42. The van der Waals surface area contributed by atoms with E-state index in [-0.39, 0.29) is 6.61 Å². The molecule has 1 aromatic heterocycles. The van der Waals surface area contributed by atoms with Crippen molar-refractivity contribution in [2.75, 3.05) is 6.61 Å². The summed E-state index contributed by atoms with van der Waals surface area (Å²) >= 11 is 12.0. The number of aromatic nitrogens is 2. The maximum Gasteiger partial charge on any atom is 0.300 e. The van der Waals surface area contributed by atoms with Crippen molar-refractivity contribution in [3.63, 3.8) is 0 Å². The van der Waals surface area contributed by atoms with Crippen LogP contribution in [0.3, 0.4) is 0 Å². The lowest BCUT2D eigenvalue weighted by Crippen LogP contribution is -2.42. The molecule has 0 aliphatic carbocycles. The number of hydrogen-bond donors (Lipinski definition) is 2. The average Bonchev–Trinajstić information content (AvgIpc) is 2.85. The van der Waals surface area contributed by atoms with E-state index in [2.05, 4.69) is 4.98 Å². The van der Waals surface area contributed by atoms with Gasteiger partial charge in [0.15, 0.2) is 12.3 Å². The topological polar surface area (TPSA) is 76.7 Å². The van der Waals surface area contributed by atoms with Crippen molar-refractivity contribution < 1.29 is 19.7 Å². The summed E-state index contributed by atoms with van der Waals surface area (Å²) in [6, 6.07) is 3.62. The Bertz CT molecular complexity index is 704. The van der Waals surface area contributed by atoms with Gasteiger partial charge in [-0.15, -0.1) is 0 Å². The van der Waals surface area contributed by atoms with E-state index in [1.165, 1.54) is 0 Å². The summed E-state index contributed by atoms with van der Waals surface area (Å²) in [5, 5.41) is 20.2. The smallest absolute Gasteiger partial charge is 0.300 e. The van der Waals surface area contributed by atoms with Gasteiger partial charge >= 0.3 is 0 Å². The number of hydrogen-bond acceptors (Lipinski definition) is 5. The molecule has 0 amide bonds. The van der Waals surface area contributed by atoms with Crippen LogP contribution in [-0.2, 0) is 4.74 Å². The van der Waals surface area contributed by atoms with E-state index in [0.717, 1.165) is 0 Å². The quantitative estimate of drug-likeness (QED) is 0.830. The third kappa shape index (κ3) is 1.54. The fourth-order valence-electron chi connectivity index (χ4n) is 2.74. The van der Waals surface area contributed by atoms with E-state index in [9.17, 15) is 10.2 Å². The van der Waals surface area contributed by atoms with E-state index < -0.39 is 24.5 Å². The lowest BCUT2D eigenvalue weighted by molar-refractivity contribution is -0.0510. The van der Waals surface area contributed by atoms with E-state index in [1.54, 1.807) is 16.7 Å². The Hall–Kier alpha value is -1.05. The van der Waals surface area contributed by atoms with Gasteiger partial charge in [-0.1, -0.05) is 23.2 Å². The fraction of sp³-hybridized carbons (Fsp3) is 0.417. The number of imidazole rings is 1. The van der Waals surface area contributed by atoms with Gasteiger partial charge in [0.25, 0.3) is 6.01 Å². The predicted molar refractivity (Wildman–Crippen MR) is 71.2 cm³/mol. The number of aliphatic hydroxyl groups excluding tert-OH is 2. The third-order valence-electron chi connectivity index (χ3n) is 3.68. The number of fused-ring (bicyclic) bond motifs is 6. The molecular formula is C12H10Cl2N2O4. The number of ether oxygens (including phenoxy) is 2. The first kappa shape index (κ1) is 12.7. The van der Waals surface area contributed by atoms with Crippen LogP contribution in [0.4, 0.5) is 0 Å². The lowest BCUT2D eigenvalue weighted by atomic mass is 10.1. The second-order valence-corrected chi connectivity index (χ2v) is 5.65. The minimum Gasteiger partial charge on any atom is -0.455 e. The zero-order valence-corrected chi connectivity index (χ0v) is 11.5. The largest absolute Gasteiger partial charge is 0.455 e. The van der Waals surface area contributed by atoms with Crippen LogP contribution in [0.15, 0.2) is 12.1 Å². The second kappa shape index (κ2) is 4.22. The predicted octanol–water partition coefficient (Wildman–Crippen LogP) is 1.35. The summed E-state index contributed by atoms with van der Waals surface area (Å²) in [6.45, 7) is -0.229. The number of halogens is 2.